The number of aryl methyl sites for hydroxylation is 1. The van der Waals surface area contributed by atoms with Crippen molar-refractivity contribution in [3.63, 3.8) is 0 Å². The highest BCUT2D eigenvalue weighted by Gasteiger charge is 2.21. The molecule has 0 fully saturated rings. The van der Waals surface area contributed by atoms with E-state index < -0.39 is 21.8 Å². The first-order valence-corrected chi connectivity index (χ1v) is 10.0. The van der Waals surface area contributed by atoms with E-state index in [1.54, 1.807) is 20.0 Å². The van der Waals surface area contributed by atoms with Gasteiger partial charge in [-0.05, 0) is 49.2 Å². The van der Waals surface area contributed by atoms with Crippen molar-refractivity contribution in [3.05, 3.63) is 53.3 Å². The molecule has 146 valence electrons. The van der Waals surface area contributed by atoms with E-state index in [1.807, 2.05) is 11.8 Å². The normalized spacial score (nSPS) is 11.3. The number of aromatic carboxylic acids is 1. The summed E-state index contributed by atoms with van der Waals surface area (Å²) in [7, 11) is -2.29. The molecule has 0 spiro atoms. The van der Waals surface area contributed by atoms with Crippen LogP contribution in [0.15, 0.2) is 41.3 Å². The number of hydrogen-bond donors (Lipinski definition) is 2. The Morgan fingerprint density at radius 3 is 2.56 bits per heavy atom. The number of nitrogens with one attached hydrogen (secondary N) is 1. The van der Waals surface area contributed by atoms with Crippen LogP contribution in [0.25, 0.3) is 0 Å². The largest absolute Gasteiger partial charge is 0.478 e. The summed E-state index contributed by atoms with van der Waals surface area (Å²) < 4.78 is 41.6. The molecule has 0 radical (unpaired) electrons. The van der Waals surface area contributed by atoms with Crippen LogP contribution in [0.4, 0.5) is 15.8 Å². The number of carboxylic acids is 1. The molecule has 0 unspecified atom stereocenters. The fourth-order valence-corrected chi connectivity index (χ4v) is 3.99. The second kappa shape index (κ2) is 8.39. The molecule has 0 bridgehead atoms. The number of carbonyl (C=O) groups is 1. The average Bonchev–Trinajstić information content (AvgIpc) is 2.61. The highest BCUT2D eigenvalue weighted by Crippen LogP contribution is 2.30. The Morgan fingerprint density at radius 2 is 1.93 bits per heavy atom. The zero-order chi connectivity index (χ0) is 20.2. The van der Waals surface area contributed by atoms with Gasteiger partial charge in [0.05, 0.1) is 21.8 Å². The van der Waals surface area contributed by atoms with Crippen LogP contribution in [0.2, 0.25) is 0 Å². The van der Waals surface area contributed by atoms with E-state index in [9.17, 15) is 22.7 Å². The minimum Gasteiger partial charge on any atom is -0.478 e. The highest BCUT2D eigenvalue weighted by molar-refractivity contribution is 7.92. The molecule has 0 aliphatic heterocycles. The third-order valence-corrected chi connectivity index (χ3v) is 5.69. The van der Waals surface area contributed by atoms with Gasteiger partial charge in [-0.2, -0.15) is 0 Å². The summed E-state index contributed by atoms with van der Waals surface area (Å²) in [6.45, 7) is 4.28. The summed E-state index contributed by atoms with van der Waals surface area (Å²) in [5.74, 6) is -1.83. The van der Waals surface area contributed by atoms with Gasteiger partial charge < -0.3 is 10.0 Å². The molecule has 2 aromatic carbocycles. The van der Waals surface area contributed by atoms with Crippen molar-refractivity contribution in [3.8, 4) is 0 Å². The topological polar surface area (TPSA) is 86.7 Å². The Balaban J connectivity index is 2.49. The molecule has 0 aromatic heterocycles. The zero-order valence-corrected chi connectivity index (χ0v) is 16.3. The number of benzene rings is 2. The Labute approximate surface area is 158 Å². The number of rotatable bonds is 8. The molecule has 0 amide bonds. The minimum absolute atomic E-state index is 0.0451. The van der Waals surface area contributed by atoms with Crippen molar-refractivity contribution >= 4 is 27.4 Å². The third kappa shape index (κ3) is 4.97. The standard InChI is InChI=1S/C19H23FN2O4S/c1-4-5-10-22(3)17-9-7-14(19(23)24)11-16(17)21-27(25,26)18-12-15(20)8-6-13(18)2/h6-9,11-12,21H,4-5,10H2,1-3H3,(H,23,24). The molecule has 8 heteroatoms. The molecule has 0 atom stereocenters. The summed E-state index contributed by atoms with van der Waals surface area (Å²) in [5.41, 5.74) is 1.03. The Bertz CT molecular complexity index is 945. The van der Waals surface area contributed by atoms with E-state index in [4.69, 9.17) is 0 Å². The first-order valence-electron chi connectivity index (χ1n) is 8.53. The maximum atomic E-state index is 13.6. The summed E-state index contributed by atoms with van der Waals surface area (Å²) >= 11 is 0. The van der Waals surface area contributed by atoms with Gasteiger partial charge in [-0.3, -0.25) is 4.72 Å². The smallest absolute Gasteiger partial charge is 0.335 e. The van der Waals surface area contributed by atoms with Crippen molar-refractivity contribution in [1.29, 1.82) is 0 Å². The highest BCUT2D eigenvalue weighted by atomic mass is 32.2. The van der Waals surface area contributed by atoms with Crippen LogP contribution in [0.1, 0.15) is 35.7 Å². The molecule has 2 N–H and O–H groups in total. The lowest BCUT2D eigenvalue weighted by Gasteiger charge is -2.23. The Morgan fingerprint density at radius 1 is 1.22 bits per heavy atom. The first-order chi connectivity index (χ1) is 12.7. The summed E-state index contributed by atoms with van der Waals surface area (Å²) in [6, 6.07) is 7.77. The van der Waals surface area contributed by atoms with Gasteiger partial charge >= 0.3 is 5.97 Å². The fourth-order valence-electron chi connectivity index (χ4n) is 2.66. The molecule has 0 saturated carbocycles. The van der Waals surface area contributed by atoms with Gasteiger partial charge in [0.1, 0.15) is 5.82 Å². The van der Waals surface area contributed by atoms with Gasteiger partial charge in [0, 0.05) is 13.6 Å². The number of halogens is 1. The van der Waals surface area contributed by atoms with Gasteiger partial charge in [-0.25, -0.2) is 17.6 Å². The molecule has 0 aliphatic carbocycles. The number of hydrogen-bond acceptors (Lipinski definition) is 4. The molecular formula is C19H23FN2O4S. The third-order valence-electron chi connectivity index (χ3n) is 4.19. The van der Waals surface area contributed by atoms with Crippen molar-refractivity contribution in [2.24, 2.45) is 0 Å². The number of unbranched alkanes of at least 4 members (excludes halogenated alkanes) is 1. The zero-order valence-electron chi connectivity index (χ0n) is 15.5. The Hall–Kier alpha value is -2.61. The molecule has 0 aliphatic rings. The fraction of sp³-hybridized carbons (Fsp3) is 0.316. The van der Waals surface area contributed by atoms with E-state index in [2.05, 4.69) is 4.72 Å². The van der Waals surface area contributed by atoms with Gasteiger partial charge in [0.15, 0.2) is 0 Å². The average molecular weight is 394 g/mol. The van der Waals surface area contributed by atoms with Crippen LogP contribution >= 0.6 is 0 Å². The van der Waals surface area contributed by atoms with Crippen molar-refractivity contribution in [1.82, 2.24) is 0 Å². The SMILES string of the molecule is CCCCN(C)c1ccc(C(=O)O)cc1NS(=O)(=O)c1cc(F)ccc1C. The van der Waals surface area contributed by atoms with Crippen LogP contribution in [0.5, 0.6) is 0 Å². The van der Waals surface area contributed by atoms with Crippen LogP contribution in [-0.2, 0) is 10.0 Å². The van der Waals surface area contributed by atoms with Gasteiger partial charge in [-0.1, -0.05) is 19.4 Å². The number of carboxylic acid groups (broad SMARTS) is 1. The van der Waals surface area contributed by atoms with Crippen LogP contribution in [-0.4, -0.2) is 33.1 Å². The second-order valence-electron chi connectivity index (χ2n) is 6.33. The van der Waals surface area contributed by atoms with Crippen molar-refractivity contribution < 1.29 is 22.7 Å². The van der Waals surface area contributed by atoms with E-state index in [0.29, 0.717) is 17.8 Å². The van der Waals surface area contributed by atoms with Crippen molar-refractivity contribution in [2.45, 2.75) is 31.6 Å². The molecule has 0 saturated heterocycles. The Kier molecular flexibility index (Phi) is 6.43. The number of anilines is 2. The number of nitrogens with zero attached hydrogens (tertiary/aromatic N) is 1. The van der Waals surface area contributed by atoms with E-state index >= 15 is 0 Å². The molecule has 6 nitrogen and oxygen atoms in total. The predicted molar refractivity (Wildman–Crippen MR) is 104 cm³/mol. The number of sulfonamides is 1. The maximum Gasteiger partial charge on any atom is 0.335 e. The quantitative estimate of drug-likeness (QED) is 0.710. The summed E-state index contributed by atoms with van der Waals surface area (Å²) in [4.78, 5) is 13.0. The van der Waals surface area contributed by atoms with E-state index in [1.165, 1.54) is 24.3 Å². The monoisotopic (exact) mass is 394 g/mol. The lowest BCUT2D eigenvalue weighted by Crippen LogP contribution is -2.22. The maximum absolute atomic E-state index is 13.6. The first kappa shape index (κ1) is 20.7. The molecule has 2 rings (SSSR count). The van der Waals surface area contributed by atoms with Gasteiger partial charge in [0.2, 0.25) is 0 Å². The predicted octanol–water partition coefficient (Wildman–Crippen LogP) is 3.87. The van der Waals surface area contributed by atoms with E-state index in [-0.39, 0.29) is 16.1 Å². The lowest BCUT2D eigenvalue weighted by molar-refractivity contribution is 0.0697. The summed E-state index contributed by atoms with van der Waals surface area (Å²) in [6.07, 6.45) is 1.85. The van der Waals surface area contributed by atoms with E-state index in [0.717, 1.165) is 18.9 Å². The minimum atomic E-state index is -4.10. The van der Waals surface area contributed by atoms with Crippen LogP contribution in [0, 0.1) is 12.7 Å². The molecule has 0 heterocycles. The van der Waals surface area contributed by atoms with Crippen molar-refractivity contribution in [2.75, 3.05) is 23.2 Å². The van der Waals surface area contributed by atoms with Crippen LogP contribution in [0.3, 0.4) is 0 Å². The van der Waals surface area contributed by atoms with Crippen LogP contribution < -0.4 is 9.62 Å². The molecule has 2 aromatic rings. The van der Waals surface area contributed by atoms with Gasteiger partial charge in [0.25, 0.3) is 10.0 Å². The van der Waals surface area contributed by atoms with Gasteiger partial charge in [-0.15, -0.1) is 0 Å². The molecular weight excluding hydrogens is 371 g/mol. The summed E-state index contributed by atoms with van der Waals surface area (Å²) in [5, 5.41) is 9.24. The lowest BCUT2D eigenvalue weighted by atomic mass is 10.1. The second-order valence-corrected chi connectivity index (χ2v) is 7.98. The molecule has 27 heavy (non-hydrogen) atoms.